The van der Waals surface area contributed by atoms with Crippen molar-refractivity contribution >= 4 is 17.3 Å². The molecule has 24 heavy (non-hydrogen) atoms. The van der Waals surface area contributed by atoms with E-state index in [0.29, 0.717) is 18.1 Å². The van der Waals surface area contributed by atoms with E-state index in [4.69, 9.17) is 25.9 Å². The van der Waals surface area contributed by atoms with Crippen LogP contribution in [0.1, 0.15) is 32.8 Å². The monoisotopic (exact) mass is 347 g/mol. The summed E-state index contributed by atoms with van der Waals surface area (Å²) < 4.78 is 12.2. The summed E-state index contributed by atoms with van der Waals surface area (Å²) in [5.41, 5.74) is 2.12. The Morgan fingerprint density at radius 3 is 2.42 bits per heavy atom. The molecule has 1 heterocycles. The van der Waals surface area contributed by atoms with Gasteiger partial charge >= 0.3 is 0 Å². The van der Waals surface area contributed by atoms with Crippen molar-refractivity contribution in [2.75, 3.05) is 13.7 Å². The average Bonchev–Trinajstić information content (AvgIpc) is 3.33. The van der Waals surface area contributed by atoms with Crippen LogP contribution in [-0.4, -0.2) is 25.0 Å². The first kappa shape index (κ1) is 17.1. The normalized spacial score (nSPS) is 25.1. The lowest BCUT2D eigenvalue weighted by Gasteiger charge is -2.34. The first-order valence-electron chi connectivity index (χ1n) is 7.95. The van der Waals surface area contributed by atoms with Crippen molar-refractivity contribution in [3.8, 4) is 0 Å². The molecule has 0 radical (unpaired) electrons. The first-order valence-corrected chi connectivity index (χ1v) is 8.33. The molecule has 1 aromatic carbocycles. The summed E-state index contributed by atoms with van der Waals surface area (Å²) >= 11 is 6.00. The molecule has 5 heteroatoms. The number of benzene rings is 1. The van der Waals surface area contributed by atoms with Gasteiger partial charge < -0.3 is 14.3 Å². The highest BCUT2D eigenvalue weighted by atomic mass is 35.5. The zero-order valence-corrected chi connectivity index (χ0v) is 15.2. The summed E-state index contributed by atoms with van der Waals surface area (Å²) in [7, 11) is 1.55. The summed E-state index contributed by atoms with van der Waals surface area (Å²) in [5, 5.41) is 4.70. The number of nitrogens with zero attached hydrogens (tertiary/aromatic N) is 1. The largest absolute Gasteiger partial charge is 0.484 e. The van der Waals surface area contributed by atoms with Crippen molar-refractivity contribution in [2.45, 2.75) is 38.4 Å². The van der Waals surface area contributed by atoms with Crippen LogP contribution in [0.2, 0.25) is 5.02 Å². The van der Waals surface area contributed by atoms with Gasteiger partial charge in [-0.15, -0.1) is 0 Å². The van der Waals surface area contributed by atoms with Crippen LogP contribution in [0.4, 0.5) is 0 Å². The maximum Gasteiger partial charge on any atom is 0.155 e. The molecule has 0 amide bonds. The van der Waals surface area contributed by atoms with Gasteiger partial charge in [0.15, 0.2) is 5.60 Å². The van der Waals surface area contributed by atoms with Crippen molar-refractivity contribution < 1.29 is 14.3 Å². The predicted molar refractivity (Wildman–Crippen MR) is 95.1 cm³/mol. The minimum absolute atomic E-state index is 0.445. The molecule has 1 atom stereocenters. The molecule has 1 unspecified atom stereocenters. The molecule has 1 fully saturated rings. The van der Waals surface area contributed by atoms with Crippen LogP contribution < -0.4 is 0 Å². The first-order chi connectivity index (χ1) is 11.4. The Morgan fingerprint density at radius 1 is 1.21 bits per heavy atom. The fourth-order valence-electron chi connectivity index (χ4n) is 3.04. The minimum atomic E-state index is -0.516. The van der Waals surface area contributed by atoms with E-state index >= 15 is 0 Å². The van der Waals surface area contributed by atoms with E-state index in [1.165, 1.54) is 0 Å². The van der Waals surface area contributed by atoms with E-state index in [2.05, 4.69) is 19.0 Å². The zero-order chi connectivity index (χ0) is 17.4. The van der Waals surface area contributed by atoms with Crippen molar-refractivity contribution in [3.05, 3.63) is 58.3 Å². The number of halogens is 1. The second-order valence-corrected chi connectivity index (χ2v) is 7.09. The SMILES string of the molecule is CON=C1C=CC(OC(C)(C)C2(c3ccc(Cl)cc3)CO2)=C(C)C1. The highest BCUT2D eigenvalue weighted by molar-refractivity contribution is 6.30. The van der Waals surface area contributed by atoms with Gasteiger partial charge in [-0.25, -0.2) is 0 Å². The standard InChI is InChI=1S/C19H22ClNO3/c1-13-11-16(21-22-4)9-10-17(13)24-18(2,3)19(12-23-19)14-5-7-15(20)8-6-14/h5-10H,11-12H2,1-4H3. The zero-order valence-electron chi connectivity index (χ0n) is 14.4. The third kappa shape index (κ3) is 3.08. The lowest BCUT2D eigenvalue weighted by molar-refractivity contribution is -0.0339. The lowest BCUT2D eigenvalue weighted by Crippen LogP contribution is -2.40. The molecular weight excluding hydrogens is 326 g/mol. The number of oxime groups is 1. The molecule has 0 N–H and O–H groups in total. The number of epoxide rings is 1. The lowest BCUT2D eigenvalue weighted by atomic mass is 9.84. The van der Waals surface area contributed by atoms with Gasteiger partial charge in [-0.3, -0.25) is 0 Å². The summed E-state index contributed by atoms with van der Waals surface area (Å²) in [6, 6.07) is 7.77. The molecule has 0 saturated carbocycles. The smallest absolute Gasteiger partial charge is 0.155 e. The minimum Gasteiger partial charge on any atom is -0.484 e. The maximum atomic E-state index is 6.37. The van der Waals surface area contributed by atoms with Gasteiger partial charge in [-0.1, -0.05) is 28.9 Å². The summed E-state index contributed by atoms with van der Waals surface area (Å²) in [6.07, 6.45) is 4.57. The summed E-state index contributed by atoms with van der Waals surface area (Å²) in [4.78, 5) is 4.84. The Hall–Kier alpha value is -1.78. The Kier molecular flexibility index (Phi) is 4.45. The predicted octanol–water partition coefficient (Wildman–Crippen LogP) is 4.60. The molecule has 1 aliphatic heterocycles. The Balaban J connectivity index is 1.82. The molecule has 1 saturated heterocycles. The van der Waals surface area contributed by atoms with Crippen LogP contribution in [0, 0.1) is 0 Å². The highest BCUT2D eigenvalue weighted by Gasteiger charge is 2.60. The van der Waals surface area contributed by atoms with Gasteiger partial charge in [0.1, 0.15) is 18.5 Å². The number of hydrogen-bond donors (Lipinski definition) is 0. The third-order valence-electron chi connectivity index (χ3n) is 4.58. The van der Waals surface area contributed by atoms with E-state index in [0.717, 1.165) is 22.6 Å². The fourth-order valence-corrected chi connectivity index (χ4v) is 3.17. The summed E-state index contributed by atoms with van der Waals surface area (Å²) in [5.74, 6) is 0.860. The second kappa shape index (κ2) is 6.26. The van der Waals surface area contributed by atoms with Crippen molar-refractivity contribution in [3.63, 3.8) is 0 Å². The van der Waals surface area contributed by atoms with E-state index in [-0.39, 0.29) is 0 Å². The number of rotatable bonds is 5. The van der Waals surface area contributed by atoms with Crippen LogP contribution in [0.15, 0.2) is 52.9 Å². The van der Waals surface area contributed by atoms with Crippen molar-refractivity contribution in [1.82, 2.24) is 0 Å². The van der Waals surface area contributed by atoms with Gasteiger partial charge in [0.25, 0.3) is 0 Å². The molecule has 3 rings (SSSR count). The average molecular weight is 348 g/mol. The topological polar surface area (TPSA) is 43.4 Å². The van der Waals surface area contributed by atoms with E-state index in [1.807, 2.05) is 43.3 Å². The van der Waals surface area contributed by atoms with E-state index in [1.54, 1.807) is 7.11 Å². The van der Waals surface area contributed by atoms with Crippen LogP contribution in [0.3, 0.4) is 0 Å². The summed E-state index contributed by atoms with van der Waals surface area (Å²) in [6.45, 7) is 6.79. The Morgan fingerprint density at radius 2 is 1.88 bits per heavy atom. The molecular formula is C19H22ClNO3. The van der Waals surface area contributed by atoms with Crippen LogP contribution >= 0.6 is 11.6 Å². The second-order valence-electron chi connectivity index (χ2n) is 6.65. The number of allylic oxidation sites excluding steroid dienone is 3. The molecule has 4 nitrogen and oxygen atoms in total. The molecule has 0 spiro atoms. The van der Waals surface area contributed by atoms with Gasteiger partial charge in [-0.05, 0) is 56.2 Å². The van der Waals surface area contributed by atoms with E-state index < -0.39 is 11.2 Å². The Bertz CT molecular complexity index is 713. The molecule has 0 aromatic heterocycles. The molecule has 1 aromatic rings. The Labute approximate surface area is 147 Å². The number of hydrogen-bond acceptors (Lipinski definition) is 4. The van der Waals surface area contributed by atoms with Crippen molar-refractivity contribution in [1.29, 1.82) is 0 Å². The quantitative estimate of drug-likeness (QED) is 0.577. The van der Waals surface area contributed by atoms with Gasteiger partial charge in [0.2, 0.25) is 0 Å². The van der Waals surface area contributed by atoms with Crippen molar-refractivity contribution in [2.24, 2.45) is 5.16 Å². The molecule has 0 bridgehead atoms. The molecule has 2 aliphatic rings. The molecule has 128 valence electrons. The van der Waals surface area contributed by atoms with Crippen LogP contribution in [-0.2, 0) is 19.9 Å². The number of ether oxygens (including phenoxy) is 2. The van der Waals surface area contributed by atoms with Gasteiger partial charge in [-0.2, -0.15) is 0 Å². The van der Waals surface area contributed by atoms with Gasteiger partial charge in [0, 0.05) is 11.4 Å². The fraction of sp³-hybridized carbons (Fsp3) is 0.421. The third-order valence-corrected chi connectivity index (χ3v) is 4.84. The molecule has 1 aliphatic carbocycles. The van der Waals surface area contributed by atoms with Crippen LogP contribution in [0.25, 0.3) is 0 Å². The maximum absolute atomic E-state index is 6.37. The highest BCUT2D eigenvalue weighted by Crippen LogP contribution is 2.50. The van der Waals surface area contributed by atoms with Gasteiger partial charge in [0.05, 0.1) is 12.3 Å². The van der Waals surface area contributed by atoms with Crippen LogP contribution in [0.5, 0.6) is 0 Å². The van der Waals surface area contributed by atoms with E-state index in [9.17, 15) is 0 Å².